The maximum absolute atomic E-state index is 12.8. The van der Waals surface area contributed by atoms with Crippen LogP contribution in [-0.4, -0.2) is 48.2 Å². The predicted molar refractivity (Wildman–Crippen MR) is 87.8 cm³/mol. The second kappa shape index (κ2) is 6.27. The summed E-state index contributed by atoms with van der Waals surface area (Å²) < 4.78 is 3.90. The van der Waals surface area contributed by atoms with Crippen LogP contribution in [0.4, 0.5) is 0 Å². The molecule has 1 amide bonds. The van der Waals surface area contributed by atoms with Crippen LogP contribution in [0.3, 0.4) is 0 Å². The topological polar surface area (TPSA) is 68.8 Å². The lowest BCUT2D eigenvalue weighted by Crippen LogP contribution is -2.40. The van der Waals surface area contributed by atoms with Crippen molar-refractivity contribution in [1.29, 1.82) is 0 Å². The number of carbonyl (C=O) groups excluding carboxylic acids is 1. The van der Waals surface area contributed by atoms with Gasteiger partial charge in [-0.3, -0.25) is 9.36 Å². The van der Waals surface area contributed by atoms with E-state index in [1.807, 2.05) is 46.3 Å². The number of likely N-dealkylation sites (tertiary alicyclic amines) is 1. The Labute approximate surface area is 139 Å². The van der Waals surface area contributed by atoms with Gasteiger partial charge in [-0.2, -0.15) is 0 Å². The molecule has 0 saturated carbocycles. The molecule has 3 heterocycles. The molecule has 1 aromatic carbocycles. The van der Waals surface area contributed by atoms with Crippen molar-refractivity contribution in [2.45, 2.75) is 18.9 Å². The lowest BCUT2D eigenvalue weighted by Gasteiger charge is -2.33. The first-order valence-electron chi connectivity index (χ1n) is 8.03. The van der Waals surface area contributed by atoms with Gasteiger partial charge in [-0.25, -0.2) is 4.98 Å². The molecule has 0 aliphatic carbocycles. The Kier molecular flexibility index (Phi) is 3.82. The van der Waals surface area contributed by atoms with Crippen molar-refractivity contribution in [2.24, 2.45) is 0 Å². The fourth-order valence-electron chi connectivity index (χ4n) is 3.16. The van der Waals surface area contributed by atoms with E-state index in [4.69, 9.17) is 0 Å². The highest BCUT2D eigenvalue weighted by Crippen LogP contribution is 2.23. The minimum Gasteiger partial charge on any atom is -0.337 e. The quantitative estimate of drug-likeness (QED) is 0.739. The molecule has 2 aromatic heterocycles. The van der Waals surface area contributed by atoms with E-state index in [9.17, 15) is 4.79 Å². The summed E-state index contributed by atoms with van der Waals surface area (Å²) >= 11 is 0. The van der Waals surface area contributed by atoms with E-state index in [1.165, 1.54) is 0 Å². The largest absolute Gasteiger partial charge is 0.337 e. The molecule has 24 heavy (non-hydrogen) atoms. The number of piperidine rings is 1. The number of amides is 1. The van der Waals surface area contributed by atoms with E-state index < -0.39 is 0 Å². The molecule has 1 aliphatic rings. The third-order valence-electron chi connectivity index (χ3n) is 4.46. The second-order valence-corrected chi connectivity index (χ2v) is 5.97. The van der Waals surface area contributed by atoms with Crippen molar-refractivity contribution in [3.8, 4) is 5.69 Å². The molecule has 0 radical (unpaired) electrons. The number of imidazole rings is 1. The van der Waals surface area contributed by atoms with E-state index in [1.54, 1.807) is 18.9 Å². The number of carbonyl (C=O) groups is 1. The SMILES string of the molecule is O=C(c1ccc(-n2cnnc2)cc1)N1CCC[C@H](n2ccnc2)C1. The van der Waals surface area contributed by atoms with Crippen LogP contribution in [0.1, 0.15) is 29.2 Å². The molecule has 4 rings (SSSR count). The van der Waals surface area contributed by atoms with Crippen LogP contribution in [0.15, 0.2) is 55.6 Å². The van der Waals surface area contributed by atoms with Gasteiger partial charge in [0, 0.05) is 36.7 Å². The summed E-state index contributed by atoms with van der Waals surface area (Å²) in [5.41, 5.74) is 1.64. The Bertz CT molecular complexity index is 794. The number of aromatic nitrogens is 5. The highest BCUT2D eigenvalue weighted by molar-refractivity contribution is 5.94. The summed E-state index contributed by atoms with van der Waals surface area (Å²) in [6.45, 7) is 1.53. The fourth-order valence-corrected chi connectivity index (χ4v) is 3.16. The van der Waals surface area contributed by atoms with Crippen molar-refractivity contribution < 1.29 is 4.79 Å². The molecular weight excluding hydrogens is 304 g/mol. The highest BCUT2D eigenvalue weighted by atomic mass is 16.2. The van der Waals surface area contributed by atoms with Crippen molar-refractivity contribution >= 4 is 5.91 Å². The van der Waals surface area contributed by atoms with Crippen LogP contribution in [0.5, 0.6) is 0 Å². The molecular formula is C17H18N6O. The molecule has 1 saturated heterocycles. The summed E-state index contributed by atoms with van der Waals surface area (Å²) in [7, 11) is 0. The third-order valence-corrected chi connectivity index (χ3v) is 4.46. The highest BCUT2D eigenvalue weighted by Gasteiger charge is 2.25. The average Bonchev–Trinajstić information content (AvgIpc) is 3.35. The molecule has 0 spiro atoms. The first-order valence-corrected chi connectivity index (χ1v) is 8.03. The molecule has 1 aliphatic heterocycles. The predicted octanol–water partition coefficient (Wildman–Crippen LogP) is 1.94. The fraction of sp³-hybridized carbons (Fsp3) is 0.294. The maximum atomic E-state index is 12.8. The number of nitrogens with zero attached hydrogens (tertiary/aromatic N) is 6. The molecule has 0 N–H and O–H groups in total. The minimum atomic E-state index is 0.0788. The van der Waals surface area contributed by atoms with Gasteiger partial charge < -0.3 is 9.47 Å². The first kappa shape index (κ1) is 14.6. The van der Waals surface area contributed by atoms with Gasteiger partial charge in [-0.15, -0.1) is 10.2 Å². The summed E-state index contributed by atoms with van der Waals surface area (Å²) in [6, 6.07) is 7.85. The zero-order valence-electron chi connectivity index (χ0n) is 13.2. The summed E-state index contributed by atoms with van der Waals surface area (Å²) in [4.78, 5) is 18.8. The molecule has 1 fully saturated rings. The number of hydrogen-bond acceptors (Lipinski definition) is 4. The van der Waals surface area contributed by atoms with Crippen LogP contribution < -0.4 is 0 Å². The van der Waals surface area contributed by atoms with Crippen molar-refractivity contribution in [1.82, 2.24) is 29.2 Å². The van der Waals surface area contributed by atoms with Crippen LogP contribution >= 0.6 is 0 Å². The van der Waals surface area contributed by atoms with Crippen molar-refractivity contribution in [3.05, 3.63) is 61.2 Å². The summed E-state index contributed by atoms with van der Waals surface area (Å²) in [5.74, 6) is 0.0788. The van der Waals surface area contributed by atoms with Gasteiger partial charge >= 0.3 is 0 Å². The smallest absolute Gasteiger partial charge is 0.253 e. The lowest BCUT2D eigenvalue weighted by molar-refractivity contribution is 0.0679. The monoisotopic (exact) mass is 322 g/mol. The zero-order valence-corrected chi connectivity index (χ0v) is 13.2. The molecule has 3 aromatic rings. The third kappa shape index (κ3) is 2.80. The van der Waals surface area contributed by atoms with Crippen molar-refractivity contribution in [2.75, 3.05) is 13.1 Å². The molecule has 0 unspecified atom stereocenters. The molecule has 0 bridgehead atoms. The van der Waals surface area contributed by atoms with Gasteiger partial charge in [-0.1, -0.05) is 0 Å². The normalized spacial score (nSPS) is 17.8. The summed E-state index contributed by atoms with van der Waals surface area (Å²) in [6.07, 6.45) is 10.9. The van der Waals surface area contributed by atoms with E-state index >= 15 is 0 Å². The lowest BCUT2D eigenvalue weighted by atomic mass is 10.0. The Morgan fingerprint density at radius 1 is 1.08 bits per heavy atom. The minimum absolute atomic E-state index is 0.0788. The van der Waals surface area contributed by atoms with Crippen LogP contribution in [0.25, 0.3) is 5.69 Å². The van der Waals surface area contributed by atoms with Gasteiger partial charge in [0.2, 0.25) is 0 Å². The maximum Gasteiger partial charge on any atom is 0.253 e. The first-order chi connectivity index (χ1) is 11.8. The van der Waals surface area contributed by atoms with Crippen LogP contribution in [0, 0.1) is 0 Å². The van der Waals surface area contributed by atoms with E-state index in [0.29, 0.717) is 11.6 Å². The standard InChI is InChI=1S/C17H18N6O/c24-17(14-3-5-15(6-4-14)23-12-19-20-13-23)21-8-1-2-16(10-21)22-9-7-18-11-22/h3-7,9,11-13,16H,1-2,8,10H2/t16-/m0/s1. The van der Waals surface area contributed by atoms with Gasteiger partial charge in [0.05, 0.1) is 12.4 Å². The molecule has 122 valence electrons. The number of benzene rings is 1. The van der Waals surface area contributed by atoms with E-state index in [2.05, 4.69) is 19.7 Å². The Morgan fingerprint density at radius 3 is 2.58 bits per heavy atom. The molecule has 7 nitrogen and oxygen atoms in total. The zero-order chi connectivity index (χ0) is 16.4. The Morgan fingerprint density at radius 2 is 1.88 bits per heavy atom. The van der Waals surface area contributed by atoms with Crippen LogP contribution in [0.2, 0.25) is 0 Å². The van der Waals surface area contributed by atoms with Crippen LogP contribution in [-0.2, 0) is 0 Å². The average molecular weight is 322 g/mol. The summed E-state index contributed by atoms with van der Waals surface area (Å²) in [5, 5.41) is 7.59. The van der Waals surface area contributed by atoms with Gasteiger partial charge in [0.1, 0.15) is 12.7 Å². The van der Waals surface area contributed by atoms with Gasteiger partial charge in [0.15, 0.2) is 0 Å². The number of hydrogen-bond donors (Lipinski definition) is 0. The van der Waals surface area contributed by atoms with E-state index in [0.717, 1.165) is 31.6 Å². The van der Waals surface area contributed by atoms with Crippen molar-refractivity contribution in [3.63, 3.8) is 0 Å². The second-order valence-electron chi connectivity index (χ2n) is 5.97. The Hall–Kier alpha value is -2.96. The molecule has 7 heteroatoms. The van der Waals surface area contributed by atoms with Gasteiger partial charge in [-0.05, 0) is 37.1 Å². The van der Waals surface area contributed by atoms with E-state index in [-0.39, 0.29) is 5.91 Å². The Balaban J connectivity index is 1.49. The van der Waals surface area contributed by atoms with Gasteiger partial charge in [0.25, 0.3) is 5.91 Å². The number of rotatable bonds is 3. The molecule has 1 atom stereocenters.